The van der Waals surface area contributed by atoms with Crippen molar-refractivity contribution in [1.82, 2.24) is 0 Å². The predicted octanol–water partition coefficient (Wildman–Crippen LogP) is 3.89. The number of carbonyl (C=O) groups excluding carboxylic acids is 2. The summed E-state index contributed by atoms with van der Waals surface area (Å²) in [4.78, 5) is 25.7. The van der Waals surface area contributed by atoms with Gasteiger partial charge in [-0.1, -0.05) is 59.8 Å². The van der Waals surface area contributed by atoms with Crippen LogP contribution >= 0.6 is 23.4 Å². The number of anilines is 1. The monoisotopic (exact) mass is 315 g/mol. The second kappa shape index (κ2) is 5.39. The van der Waals surface area contributed by atoms with Gasteiger partial charge in [0, 0.05) is 21.7 Å². The molecule has 1 aliphatic carbocycles. The number of fused-ring (bicyclic) bond motifs is 1. The third-order valence-electron chi connectivity index (χ3n) is 3.15. The molecule has 0 saturated heterocycles. The van der Waals surface area contributed by atoms with Crippen molar-refractivity contribution >= 4 is 40.6 Å². The van der Waals surface area contributed by atoms with Crippen molar-refractivity contribution in [3.63, 3.8) is 0 Å². The summed E-state index contributed by atoms with van der Waals surface area (Å²) in [6.07, 6.45) is 0. The maximum Gasteiger partial charge on any atom is 0.206 e. The Labute approximate surface area is 130 Å². The van der Waals surface area contributed by atoms with Crippen LogP contribution in [-0.2, 0) is 0 Å². The van der Waals surface area contributed by atoms with Gasteiger partial charge in [0.15, 0.2) is 0 Å². The molecule has 3 rings (SSSR count). The van der Waals surface area contributed by atoms with Gasteiger partial charge in [-0.05, 0) is 12.1 Å². The minimum Gasteiger partial charge on any atom is -0.398 e. The van der Waals surface area contributed by atoms with Gasteiger partial charge >= 0.3 is 0 Å². The second-order valence-corrected chi connectivity index (χ2v) is 5.92. The highest BCUT2D eigenvalue weighted by Crippen LogP contribution is 2.40. The topological polar surface area (TPSA) is 60.2 Å². The molecule has 5 heteroatoms. The minimum absolute atomic E-state index is 0.0491. The molecule has 0 spiro atoms. The maximum atomic E-state index is 12.5. The van der Waals surface area contributed by atoms with Gasteiger partial charge in [0.1, 0.15) is 5.03 Å². The summed E-state index contributed by atoms with van der Waals surface area (Å²) < 4.78 is 0. The van der Waals surface area contributed by atoms with Gasteiger partial charge in [-0.3, -0.25) is 9.59 Å². The molecule has 0 bridgehead atoms. The number of para-hydroxylation sites is 1. The molecule has 104 valence electrons. The molecule has 3 nitrogen and oxygen atoms in total. The number of thioether (sulfide) groups is 1. The summed E-state index contributed by atoms with van der Waals surface area (Å²) in [5.74, 6) is -0.577. The number of nitrogen functional groups attached to an aromatic ring is 1. The normalized spacial score (nSPS) is 14.3. The summed E-state index contributed by atoms with van der Waals surface area (Å²) in [7, 11) is 0. The molecule has 0 heterocycles. The number of rotatable bonds is 2. The lowest BCUT2D eigenvalue weighted by Gasteiger charge is -2.17. The number of halogens is 1. The van der Waals surface area contributed by atoms with Crippen LogP contribution in [0.2, 0.25) is 0 Å². The van der Waals surface area contributed by atoms with Crippen LogP contribution in [0.15, 0.2) is 63.4 Å². The first kappa shape index (κ1) is 13.9. The Balaban J connectivity index is 2.07. The van der Waals surface area contributed by atoms with Crippen LogP contribution in [0.1, 0.15) is 20.7 Å². The van der Waals surface area contributed by atoms with Crippen molar-refractivity contribution in [3.05, 3.63) is 69.6 Å². The molecule has 2 aromatic rings. The molecule has 0 unspecified atom stereocenters. The molecule has 0 radical (unpaired) electrons. The predicted molar refractivity (Wildman–Crippen MR) is 84.7 cm³/mol. The molecular formula is C16H10ClNO2S. The molecule has 0 saturated carbocycles. The average molecular weight is 316 g/mol. The first-order valence-corrected chi connectivity index (χ1v) is 7.39. The fraction of sp³-hybridized carbons (Fsp3) is 0. The Morgan fingerprint density at radius 2 is 1.43 bits per heavy atom. The van der Waals surface area contributed by atoms with E-state index >= 15 is 0 Å². The maximum absolute atomic E-state index is 12.5. The van der Waals surface area contributed by atoms with E-state index in [0.29, 0.717) is 21.7 Å². The van der Waals surface area contributed by atoms with Crippen LogP contribution in [0, 0.1) is 0 Å². The van der Waals surface area contributed by atoms with Crippen molar-refractivity contribution in [2.45, 2.75) is 4.90 Å². The van der Waals surface area contributed by atoms with Gasteiger partial charge in [-0.25, -0.2) is 0 Å². The van der Waals surface area contributed by atoms with Crippen LogP contribution in [-0.4, -0.2) is 11.6 Å². The summed E-state index contributed by atoms with van der Waals surface area (Å²) in [6.45, 7) is 0. The van der Waals surface area contributed by atoms with Crippen LogP contribution < -0.4 is 5.73 Å². The SMILES string of the molecule is Nc1ccccc1SC1=C(Cl)C(=O)c2ccccc2C1=O. The summed E-state index contributed by atoms with van der Waals surface area (Å²) >= 11 is 7.23. The van der Waals surface area contributed by atoms with Crippen molar-refractivity contribution in [2.24, 2.45) is 0 Å². The van der Waals surface area contributed by atoms with Crippen molar-refractivity contribution in [1.29, 1.82) is 0 Å². The molecule has 0 aliphatic heterocycles. The molecule has 0 atom stereocenters. The zero-order valence-corrected chi connectivity index (χ0v) is 12.4. The summed E-state index contributed by atoms with van der Waals surface area (Å²) in [6, 6.07) is 13.8. The lowest BCUT2D eigenvalue weighted by Crippen LogP contribution is -2.18. The zero-order chi connectivity index (χ0) is 15.0. The molecule has 0 aromatic heterocycles. The lowest BCUT2D eigenvalue weighted by atomic mass is 9.95. The second-order valence-electron chi connectivity index (χ2n) is 4.49. The van der Waals surface area contributed by atoms with Gasteiger partial charge in [0.05, 0.1) is 4.91 Å². The van der Waals surface area contributed by atoms with Crippen molar-refractivity contribution in [2.75, 3.05) is 5.73 Å². The zero-order valence-electron chi connectivity index (χ0n) is 10.8. The number of hydrogen-bond acceptors (Lipinski definition) is 4. The number of allylic oxidation sites excluding steroid dienone is 2. The smallest absolute Gasteiger partial charge is 0.206 e. The van der Waals surface area contributed by atoms with E-state index in [1.807, 2.05) is 6.07 Å². The number of Topliss-reactive ketones (excluding diaryl/α,β-unsaturated/α-hetero) is 2. The first-order chi connectivity index (χ1) is 10.1. The highest BCUT2D eigenvalue weighted by molar-refractivity contribution is 8.04. The third kappa shape index (κ3) is 2.37. The van der Waals surface area contributed by atoms with E-state index < -0.39 is 0 Å². The van der Waals surface area contributed by atoms with Gasteiger partial charge in [-0.15, -0.1) is 0 Å². The van der Waals surface area contributed by atoms with E-state index in [2.05, 4.69) is 0 Å². The molecular weight excluding hydrogens is 306 g/mol. The highest BCUT2D eigenvalue weighted by atomic mass is 35.5. The van der Waals surface area contributed by atoms with E-state index in [9.17, 15) is 9.59 Å². The Kier molecular flexibility index (Phi) is 3.57. The van der Waals surface area contributed by atoms with Gasteiger partial charge in [0.2, 0.25) is 11.6 Å². The van der Waals surface area contributed by atoms with E-state index in [-0.39, 0.29) is 21.5 Å². The Hall–Kier alpha value is -2.04. The number of nitrogens with two attached hydrogens (primary N) is 1. The lowest BCUT2D eigenvalue weighted by molar-refractivity contribution is 0.0987. The van der Waals surface area contributed by atoms with Gasteiger partial charge in [0.25, 0.3) is 0 Å². The fourth-order valence-electron chi connectivity index (χ4n) is 2.10. The molecule has 2 N–H and O–H groups in total. The molecule has 0 fully saturated rings. The largest absolute Gasteiger partial charge is 0.398 e. The molecule has 1 aliphatic rings. The molecule has 2 aromatic carbocycles. The highest BCUT2D eigenvalue weighted by Gasteiger charge is 2.31. The van der Waals surface area contributed by atoms with E-state index in [4.69, 9.17) is 17.3 Å². The number of benzene rings is 2. The van der Waals surface area contributed by atoms with Crippen LogP contribution in [0.5, 0.6) is 0 Å². The Morgan fingerprint density at radius 3 is 2.10 bits per heavy atom. The standard InChI is InChI=1S/C16H10ClNO2S/c17-13-14(19)9-5-1-2-6-10(9)15(20)16(13)21-12-8-4-3-7-11(12)18/h1-8H,18H2. The molecule has 0 amide bonds. The van der Waals surface area contributed by atoms with Crippen LogP contribution in [0.3, 0.4) is 0 Å². The first-order valence-electron chi connectivity index (χ1n) is 6.20. The van der Waals surface area contributed by atoms with Crippen LogP contribution in [0.25, 0.3) is 0 Å². The summed E-state index contributed by atoms with van der Waals surface area (Å²) in [5, 5.41) is -0.0491. The van der Waals surface area contributed by atoms with E-state index in [1.54, 1.807) is 42.5 Å². The summed E-state index contributed by atoms with van der Waals surface area (Å²) in [5.41, 5.74) is 7.14. The van der Waals surface area contributed by atoms with Crippen molar-refractivity contribution in [3.8, 4) is 0 Å². The van der Waals surface area contributed by atoms with Gasteiger partial charge < -0.3 is 5.73 Å². The Bertz CT molecular complexity index is 798. The Morgan fingerprint density at radius 1 is 0.857 bits per heavy atom. The fourth-order valence-corrected chi connectivity index (χ4v) is 3.34. The number of carbonyl (C=O) groups is 2. The third-order valence-corrected chi connectivity index (χ3v) is 4.81. The van der Waals surface area contributed by atoms with Crippen molar-refractivity contribution < 1.29 is 9.59 Å². The van der Waals surface area contributed by atoms with E-state index in [0.717, 1.165) is 11.8 Å². The molecule has 21 heavy (non-hydrogen) atoms. The van der Waals surface area contributed by atoms with E-state index in [1.165, 1.54) is 0 Å². The minimum atomic E-state index is -0.330. The number of hydrogen-bond donors (Lipinski definition) is 1. The average Bonchev–Trinajstić information content (AvgIpc) is 2.51. The van der Waals surface area contributed by atoms with Crippen LogP contribution in [0.4, 0.5) is 5.69 Å². The number of ketones is 2. The quantitative estimate of drug-likeness (QED) is 0.854. The van der Waals surface area contributed by atoms with Gasteiger partial charge in [-0.2, -0.15) is 0 Å².